The van der Waals surface area contributed by atoms with E-state index in [1.165, 1.54) is 0 Å². The summed E-state index contributed by atoms with van der Waals surface area (Å²) in [5.74, 6) is 5.70. The molecule has 0 fully saturated rings. The zero-order valence-corrected chi connectivity index (χ0v) is 12.5. The van der Waals surface area contributed by atoms with Crippen molar-refractivity contribution >= 4 is 11.6 Å². The van der Waals surface area contributed by atoms with E-state index in [9.17, 15) is 0 Å². The fourth-order valence-corrected chi connectivity index (χ4v) is 2.49. The number of aromatic nitrogens is 2. The molecule has 1 heterocycles. The molecule has 1 rings (SSSR count). The summed E-state index contributed by atoms with van der Waals surface area (Å²) in [7, 11) is 1.68. The first-order valence-corrected chi connectivity index (χ1v) is 6.44. The molecule has 0 aliphatic heterocycles. The van der Waals surface area contributed by atoms with Gasteiger partial charge in [-0.05, 0) is 12.3 Å². The van der Waals surface area contributed by atoms with Gasteiger partial charge in [0, 0.05) is 13.7 Å². The molecule has 0 saturated carbocycles. The van der Waals surface area contributed by atoms with Crippen molar-refractivity contribution in [1.29, 1.82) is 0 Å². The van der Waals surface area contributed by atoms with Crippen molar-refractivity contribution in [2.45, 2.75) is 46.4 Å². The van der Waals surface area contributed by atoms with E-state index in [1.807, 2.05) is 11.6 Å². The maximum atomic E-state index is 6.21. The first-order valence-electron chi connectivity index (χ1n) is 6.06. The first-order chi connectivity index (χ1) is 8.36. The zero-order valence-electron chi connectivity index (χ0n) is 11.7. The highest BCUT2D eigenvalue weighted by atomic mass is 35.5. The Hall–Kier alpha value is -0.620. The van der Waals surface area contributed by atoms with Crippen LogP contribution in [0.2, 0.25) is 5.02 Å². The summed E-state index contributed by atoms with van der Waals surface area (Å²) in [6.07, 6.45) is 1.53. The van der Waals surface area contributed by atoms with Crippen LogP contribution in [0.15, 0.2) is 6.20 Å². The quantitative estimate of drug-likeness (QED) is 0.638. The predicted octanol–water partition coefficient (Wildman–Crippen LogP) is 2.12. The van der Waals surface area contributed by atoms with E-state index in [0.29, 0.717) is 5.02 Å². The third kappa shape index (κ3) is 3.03. The Kier molecular flexibility index (Phi) is 5.16. The summed E-state index contributed by atoms with van der Waals surface area (Å²) >= 11 is 6.21. The number of hydrogen-bond donors (Lipinski definition) is 2. The molecular weight excluding hydrogens is 252 g/mol. The lowest BCUT2D eigenvalue weighted by molar-refractivity contribution is -0.0140. The summed E-state index contributed by atoms with van der Waals surface area (Å²) in [6.45, 7) is 9.06. The van der Waals surface area contributed by atoms with Crippen LogP contribution in [-0.4, -0.2) is 23.0 Å². The number of hydrogen-bond acceptors (Lipinski definition) is 4. The van der Waals surface area contributed by atoms with E-state index in [1.54, 1.807) is 13.3 Å². The van der Waals surface area contributed by atoms with Crippen LogP contribution >= 0.6 is 11.6 Å². The number of nitrogens with two attached hydrogens (primary N) is 1. The van der Waals surface area contributed by atoms with Gasteiger partial charge >= 0.3 is 0 Å². The second-order valence-electron chi connectivity index (χ2n) is 5.36. The van der Waals surface area contributed by atoms with Crippen LogP contribution in [0.5, 0.6) is 0 Å². The van der Waals surface area contributed by atoms with Crippen LogP contribution in [0.25, 0.3) is 0 Å². The molecule has 104 valence electrons. The van der Waals surface area contributed by atoms with E-state index in [-0.39, 0.29) is 17.6 Å². The van der Waals surface area contributed by atoms with Crippen molar-refractivity contribution in [3.8, 4) is 0 Å². The third-order valence-corrected chi connectivity index (χ3v) is 3.31. The van der Waals surface area contributed by atoms with Gasteiger partial charge in [-0.1, -0.05) is 32.4 Å². The number of nitrogens with one attached hydrogen (secondary N) is 1. The van der Waals surface area contributed by atoms with Crippen LogP contribution in [-0.2, 0) is 11.3 Å². The molecule has 6 heteroatoms. The number of aryl methyl sites for hydroxylation is 1. The van der Waals surface area contributed by atoms with Crippen molar-refractivity contribution in [2.24, 2.45) is 11.3 Å². The lowest BCUT2D eigenvalue weighted by atomic mass is 9.83. The first kappa shape index (κ1) is 15.4. The van der Waals surface area contributed by atoms with E-state index < -0.39 is 0 Å². The Morgan fingerprint density at radius 1 is 1.56 bits per heavy atom. The molecule has 3 N–H and O–H groups in total. The molecule has 0 aliphatic rings. The van der Waals surface area contributed by atoms with E-state index in [0.717, 1.165) is 12.2 Å². The molecule has 0 saturated heterocycles. The van der Waals surface area contributed by atoms with Gasteiger partial charge in [0.1, 0.15) is 0 Å². The molecule has 0 spiro atoms. The average molecular weight is 275 g/mol. The molecule has 5 nitrogen and oxygen atoms in total. The normalized spacial score (nSPS) is 15.7. The minimum absolute atomic E-state index is 0.0715. The van der Waals surface area contributed by atoms with Gasteiger partial charge in [0.2, 0.25) is 0 Å². The fourth-order valence-electron chi connectivity index (χ4n) is 2.23. The van der Waals surface area contributed by atoms with Crippen LogP contribution in [0.3, 0.4) is 0 Å². The molecule has 0 aliphatic carbocycles. The summed E-state index contributed by atoms with van der Waals surface area (Å²) in [6, 6.07) is -0.204. The van der Waals surface area contributed by atoms with E-state index in [2.05, 4.69) is 31.3 Å². The van der Waals surface area contributed by atoms with E-state index >= 15 is 0 Å². The molecule has 0 bridgehead atoms. The van der Waals surface area contributed by atoms with Gasteiger partial charge in [-0.3, -0.25) is 10.5 Å². The maximum absolute atomic E-state index is 6.21. The Morgan fingerprint density at radius 3 is 2.56 bits per heavy atom. The van der Waals surface area contributed by atoms with Crippen molar-refractivity contribution in [2.75, 3.05) is 7.11 Å². The van der Waals surface area contributed by atoms with Gasteiger partial charge < -0.3 is 4.74 Å². The number of hydrazine groups is 1. The largest absolute Gasteiger partial charge is 0.379 e. The van der Waals surface area contributed by atoms with Gasteiger partial charge in [0.15, 0.2) is 0 Å². The third-order valence-electron chi connectivity index (χ3n) is 3.02. The van der Waals surface area contributed by atoms with Gasteiger partial charge in [-0.25, -0.2) is 5.43 Å². The molecule has 18 heavy (non-hydrogen) atoms. The van der Waals surface area contributed by atoms with Crippen molar-refractivity contribution in [1.82, 2.24) is 15.2 Å². The minimum Gasteiger partial charge on any atom is -0.379 e. The topological polar surface area (TPSA) is 65.1 Å². The molecule has 1 aromatic rings. The number of halogens is 1. The maximum Gasteiger partial charge on any atom is 0.0910 e. The summed E-state index contributed by atoms with van der Waals surface area (Å²) in [4.78, 5) is 0. The molecule has 0 radical (unpaired) electrons. The lowest BCUT2D eigenvalue weighted by Crippen LogP contribution is -2.45. The number of methoxy groups -OCH3 is 1. The summed E-state index contributed by atoms with van der Waals surface area (Å²) in [5, 5.41) is 4.84. The number of rotatable bonds is 5. The van der Waals surface area contributed by atoms with Crippen LogP contribution < -0.4 is 11.3 Å². The van der Waals surface area contributed by atoms with Crippen LogP contribution in [0.1, 0.15) is 39.4 Å². The monoisotopic (exact) mass is 274 g/mol. The Labute approximate surface area is 114 Å². The molecule has 0 amide bonds. The molecule has 2 atom stereocenters. The fraction of sp³-hybridized carbons (Fsp3) is 0.750. The van der Waals surface area contributed by atoms with Gasteiger partial charge in [0.05, 0.1) is 29.1 Å². The van der Waals surface area contributed by atoms with Crippen LogP contribution in [0, 0.1) is 5.41 Å². The lowest BCUT2D eigenvalue weighted by Gasteiger charge is -2.35. The SMILES string of the molecule is CCn1ncc(Cl)c1C(NN)C(OC)C(C)(C)C. The molecular formula is C12H23ClN4O. The summed E-state index contributed by atoms with van der Waals surface area (Å²) in [5.41, 5.74) is 3.60. The number of ether oxygens (including phenoxy) is 1. The highest BCUT2D eigenvalue weighted by molar-refractivity contribution is 6.31. The van der Waals surface area contributed by atoms with E-state index in [4.69, 9.17) is 22.2 Å². The Morgan fingerprint density at radius 2 is 2.17 bits per heavy atom. The van der Waals surface area contributed by atoms with Gasteiger partial charge in [0.25, 0.3) is 0 Å². The Bertz CT molecular complexity index is 386. The molecule has 1 aromatic heterocycles. The van der Waals surface area contributed by atoms with Gasteiger partial charge in [-0.15, -0.1) is 0 Å². The van der Waals surface area contributed by atoms with Crippen molar-refractivity contribution in [3.05, 3.63) is 16.9 Å². The van der Waals surface area contributed by atoms with Crippen molar-refractivity contribution < 1.29 is 4.74 Å². The number of nitrogens with zero attached hydrogens (tertiary/aromatic N) is 2. The van der Waals surface area contributed by atoms with Crippen LogP contribution in [0.4, 0.5) is 0 Å². The zero-order chi connectivity index (χ0) is 13.9. The minimum atomic E-state index is -0.204. The second kappa shape index (κ2) is 6.02. The highest BCUT2D eigenvalue weighted by Gasteiger charge is 2.35. The Balaban J connectivity index is 3.19. The predicted molar refractivity (Wildman–Crippen MR) is 73.2 cm³/mol. The summed E-state index contributed by atoms with van der Waals surface area (Å²) < 4.78 is 7.44. The smallest absolute Gasteiger partial charge is 0.0910 e. The molecule has 0 aromatic carbocycles. The van der Waals surface area contributed by atoms with Gasteiger partial charge in [-0.2, -0.15) is 5.10 Å². The van der Waals surface area contributed by atoms with Crippen molar-refractivity contribution in [3.63, 3.8) is 0 Å². The standard InChI is InChI=1S/C12H23ClN4O/c1-6-17-10(8(13)7-15-17)9(16-14)11(18-5)12(2,3)4/h7,9,11,16H,6,14H2,1-5H3. The molecule has 2 unspecified atom stereocenters. The highest BCUT2D eigenvalue weighted by Crippen LogP contribution is 2.34. The average Bonchev–Trinajstić information content (AvgIpc) is 2.65. The second-order valence-corrected chi connectivity index (χ2v) is 5.77.